The van der Waals surface area contributed by atoms with Gasteiger partial charge >= 0.3 is 5.97 Å². The molecule has 0 aromatic heterocycles. The molecule has 2 aromatic carbocycles. The minimum Gasteiger partial charge on any atom is -0.488 e. The molecule has 0 fully saturated rings. The van der Waals surface area contributed by atoms with Crippen LogP contribution >= 0.6 is 11.6 Å². The van der Waals surface area contributed by atoms with Crippen molar-refractivity contribution in [1.82, 2.24) is 0 Å². The van der Waals surface area contributed by atoms with E-state index in [1.54, 1.807) is 6.07 Å². The Morgan fingerprint density at radius 2 is 2.05 bits per heavy atom. The standard InChI is InChI=1S/C15H13ClFNO3/c1-20-15(19)12-4-3-11(18)7-14(12)21-8-9-6-10(16)2-5-13(9)17/h2-7H,8,18H2,1H3. The Morgan fingerprint density at radius 1 is 1.29 bits per heavy atom. The summed E-state index contributed by atoms with van der Waals surface area (Å²) in [5.74, 6) is -0.777. The number of methoxy groups -OCH3 is 1. The van der Waals surface area contributed by atoms with Crippen LogP contribution in [0.2, 0.25) is 5.02 Å². The Balaban J connectivity index is 2.25. The fourth-order valence-electron chi connectivity index (χ4n) is 1.75. The fourth-order valence-corrected chi connectivity index (χ4v) is 1.94. The van der Waals surface area contributed by atoms with Crippen molar-refractivity contribution in [2.24, 2.45) is 0 Å². The molecule has 2 rings (SSSR count). The summed E-state index contributed by atoms with van der Waals surface area (Å²) in [7, 11) is 1.26. The van der Waals surface area contributed by atoms with Gasteiger partial charge in [0, 0.05) is 22.3 Å². The molecule has 4 nitrogen and oxygen atoms in total. The number of benzene rings is 2. The average molecular weight is 310 g/mol. The number of hydrogen-bond acceptors (Lipinski definition) is 4. The van der Waals surface area contributed by atoms with Crippen molar-refractivity contribution in [1.29, 1.82) is 0 Å². The van der Waals surface area contributed by atoms with Gasteiger partial charge in [0.2, 0.25) is 0 Å². The van der Waals surface area contributed by atoms with Crippen LogP contribution in [0.1, 0.15) is 15.9 Å². The zero-order chi connectivity index (χ0) is 15.4. The molecule has 21 heavy (non-hydrogen) atoms. The van der Waals surface area contributed by atoms with Crippen molar-refractivity contribution < 1.29 is 18.7 Å². The van der Waals surface area contributed by atoms with Gasteiger partial charge in [-0.25, -0.2) is 9.18 Å². The van der Waals surface area contributed by atoms with Crippen molar-refractivity contribution >= 4 is 23.3 Å². The Labute approximate surface area is 126 Å². The number of hydrogen-bond donors (Lipinski definition) is 1. The maximum Gasteiger partial charge on any atom is 0.341 e. The first kappa shape index (κ1) is 15.1. The maximum absolute atomic E-state index is 13.6. The first-order valence-corrected chi connectivity index (χ1v) is 6.43. The van der Waals surface area contributed by atoms with Crippen LogP contribution in [0.25, 0.3) is 0 Å². The van der Waals surface area contributed by atoms with E-state index >= 15 is 0 Å². The van der Waals surface area contributed by atoms with E-state index in [0.717, 1.165) is 0 Å². The summed E-state index contributed by atoms with van der Waals surface area (Å²) in [6, 6.07) is 8.68. The van der Waals surface area contributed by atoms with E-state index in [9.17, 15) is 9.18 Å². The summed E-state index contributed by atoms with van der Waals surface area (Å²) in [4.78, 5) is 11.6. The van der Waals surface area contributed by atoms with Crippen molar-refractivity contribution in [2.75, 3.05) is 12.8 Å². The summed E-state index contributed by atoms with van der Waals surface area (Å²) >= 11 is 5.81. The summed E-state index contributed by atoms with van der Waals surface area (Å²) in [6.07, 6.45) is 0. The van der Waals surface area contributed by atoms with Crippen molar-refractivity contribution in [2.45, 2.75) is 6.61 Å². The maximum atomic E-state index is 13.6. The molecule has 0 saturated heterocycles. The SMILES string of the molecule is COC(=O)c1ccc(N)cc1OCc1cc(Cl)ccc1F. The second-order valence-corrected chi connectivity index (χ2v) is 4.71. The van der Waals surface area contributed by atoms with Gasteiger partial charge in [-0.05, 0) is 30.3 Å². The van der Waals surface area contributed by atoms with Gasteiger partial charge in [0.1, 0.15) is 23.7 Å². The zero-order valence-electron chi connectivity index (χ0n) is 11.2. The van der Waals surface area contributed by atoms with Crippen LogP contribution in [0, 0.1) is 5.82 Å². The smallest absolute Gasteiger partial charge is 0.341 e. The van der Waals surface area contributed by atoms with E-state index in [1.165, 1.54) is 37.4 Å². The Hall–Kier alpha value is -2.27. The highest BCUT2D eigenvalue weighted by Crippen LogP contribution is 2.24. The van der Waals surface area contributed by atoms with E-state index < -0.39 is 11.8 Å². The number of carbonyl (C=O) groups excluding carboxylic acids is 1. The Bertz CT molecular complexity index is 676. The van der Waals surface area contributed by atoms with E-state index in [-0.39, 0.29) is 23.5 Å². The molecule has 0 aliphatic carbocycles. The van der Waals surface area contributed by atoms with Crippen LogP contribution in [-0.2, 0) is 11.3 Å². The quantitative estimate of drug-likeness (QED) is 0.694. The van der Waals surface area contributed by atoms with Gasteiger partial charge in [0.15, 0.2) is 0 Å². The molecule has 0 spiro atoms. The third-order valence-corrected chi connectivity index (χ3v) is 3.04. The van der Waals surface area contributed by atoms with Crippen LogP contribution in [0.5, 0.6) is 5.75 Å². The predicted molar refractivity (Wildman–Crippen MR) is 77.9 cm³/mol. The highest BCUT2D eigenvalue weighted by Gasteiger charge is 2.14. The topological polar surface area (TPSA) is 61.5 Å². The number of nitrogen functional groups attached to an aromatic ring is 1. The van der Waals surface area contributed by atoms with E-state index in [1.807, 2.05) is 0 Å². The van der Waals surface area contributed by atoms with Gasteiger partial charge < -0.3 is 15.2 Å². The number of ether oxygens (including phenoxy) is 2. The largest absolute Gasteiger partial charge is 0.488 e. The molecule has 0 saturated carbocycles. The number of nitrogens with two attached hydrogens (primary N) is 1. The van der Waals surface area contributed by atoms with Gasteiger partial charge in [-0.15, -0.1) is 0 Å². The van der Waals surface area contributed by atoms with Crippen LogP contribution in [-0.4, -0.2) is 13.1 Å². The highest BCUT2D eigenvalue weighted by molar-refractivity contribution is 6.30. The fraction of sp³-hybridized carbons (Fsp3) is 0.133. The summed E-state index contributed by atoms with van der Waals surface area (Å²) < 4.78 is 23.8. The minimum atomic E-state index is -0.559. The lowest BCUT2D eigenvalue weighted by Gasteiger charge is -2.11. The molecule has 0 amide bonds. The van der Waals surface area contributed by atoms with Crippen LogP contribution in [0.4, 0.5) is 10.1 Å². The van der Waals surface area contributed by atoms with Gasteiger partial charge in [0.25, 0.3) is 0 Å². The molecule has 2 aromatic rings. The second kappa shape index (κ2) is 6.45. The molecule has 0 radical (unpaired) electrons. The molecular weight excluding hydrogens is 297 g/mol. The van der Waals surface area contributed by atoms with E-state index in [2.05, 4.69) is 4.74 Å². The third-order valence-electron chi connectivity index (χ3n) is 2.80. The lowest BCUT2D eigenvalue weighted by molar-refractivity contribution is 0.0595. The predicted octanol–water partition coefficient (Wildman–Crippen LogP) is 3.43. The van der Waals surface area contributed by atoms with E-state index in [4.69, 9.17) is 22.1 Å². The number of rotatable bonds is 4. The lowest BCUT2D eigenvalue weighted by atomic mass is 10.1. The van der Waals surface area contributed by atoms with E-state index in [0.29, 0.717) is 10.7 Å². The van der Waals surface area contributed by atoms with Crippen molar-refractivity contribution in [3.05, 3.63) is 58.4 Å². The summed E-state index contributed by atoms with van der Waals surface area (Å²) in [5, 5.41) is 0.399. The normalized spacial score (nSPS) is 10.2. The molecule has 0 bridgehead atoms. The van der Waals surface area contributed by atoms with Crippen molar-refractivity contribution in [3.8, 4) is 5.75 Å². The Kier molecular flexibility index (Phi) is 4.65. The first-order chi connectivity index (χ1) is 10.0. The van der Waals surface area contributed by atoms with Crippen LogP contribution in [0.15, 0.2) is 36.4 Å². The molecule has 2 N–H and O–H groups in total. The molecule has 0 aliphatic heterocycles. The van der Waals surface area contributed by atoms with Gasteiger partial charge in [-0.3, -0.25) is 0 Å². The molecule has 0 heterocycles. The van der Waals surface area contributed by atoms with Crippen LogP contribution in [0.3, 0.4) is 0 Å². The monoisotopic (exact) mass is 309 g/mol. The first-order valence-electron chi connectivity index (χ1n) is 6.06. The highest BCUT2D eigenvalue weighted by atomic mass is 35.5. The van der Waals surface area contributed by atoms with Gasteiger partial charge in [-0.2, -0.15) is 0 Å². The Morgan fingerprint density at radius 3 is 2.76 bits per heavy atom. The third kappa shape index (κ3) is 3.64. The van der Waals surface area contributed by atoms with Crippen molar-refractivity contribution in [3.63, 3.8) is 0 Å². The number of carbonyl (C=O) groups is 1. The van der Waals surface area contributed by atoms with Crippen LogP contribution < -0.4 is 10.5 Å². The minimum absolute atomic E-state index is 0.0835. The lowest BCUT2D eigenvalue weighted by Crippen LogP contribution is -2.07. The van der Waals surface area contributed by atoms with Gasteiger partial charge in [-0.1, -0.05) is 11.6 Å². The molecule has 110 valence electrons. The zero-order valence-corrected chi connectivity index (χ0v) is 12.0. The molecule has 0 atom stereocenters. The summed E-state index contributed by atoms with van der Waals surface area (Å²) in [5.41, 5.74) is 6.58. The molecular formula is C15H13ClFNO3. The summed E-state index contributed by atoms with van der Waals surface area (Å²) in [6.45, 7) is -0.0835. The molecule has 0 aliphatic rings. The molecule has 0 unspecified atom stereocenters. The second-order valence-electron chi connectivity index (χ2n) is 4.27. The molecule has 6 heteroatoms. The average Bonchev–Trinajstić information content (AvgIpc) is 2.47. The number of anilines is 1. The van der Waals surface area contributed by atoms with Gasteiger partial charge in [0.05, 0.1) is 7.11 Å². The number of esters is 1. The number of halogens is 2.